The Morgan fingerprint density at radius 2 is 1.94 bits per heavy atom. The predicted octanol–water partition coefficient (Wildman–Crippen LogP) is 2.59. The molecule has 1 unspecified atom stereocenters. The number of hydrogen-bond acceptors (Lipinski definition) is 7. The summed E-state index contributed by atoms with van der Waals surface area (Å²) < 4.78 is 18.4. The van der Waals surface area contributed by atoms with Gasteiger partial charge >= 0.3 is 5.97 Å². The number of esters is 1. The normalized spacial score (nSPS) is 17.2. The van der Waals surface area contributed by atoms with Crippen LogP contribution in [-0.2, 0) is 22.5 Å². The van der Waals surface area contributed by atoms with Gasteiger partial charge in [0, 0.05) is 56.7 Å². The zero-order valence-corrected chi connectivity index (χ0v) is 20.9. The number of carbonyl (C=O) groups is 2. The number of amides is 1. The second-order valence-electron chi connectivity index (χ2n) is 9.37. The molecule has 0 bridgehead atoms. The van der Waals surface area contributed by atoms with Crippen LogP contribution >= 0.6 is 0 Å². The van der Waals surface area contributed by atoms with Crippen LogP contribution in [0.1, 0.15) is 59.7 Å². The third-order valence-electron chi connectivity index (χ3n) is 6.99. The van der Waals surface area contributed by atoms with E-state index >= 15 is 0 Å². The van der Waals surface area contributed by atoms with Crippen molar-refractivity contribution in [2.75, 3.05) is 46.4 Å². The fourth-order valence-corrected chi connectivity index (χ4v) is 4.90. The summed E-state index contributed by atoms with van der Waals surface area (Å²) in [4.78, 5) is 41.6. The lowest BCUT2D eigenvalue weighted by Gasteiger charge is -2.21. The summed E-state index contributed by atoms with van der Waals surface area (Å²) in [5, 5.41) is 0. The molecule has 2 aromatic heterocycles. The van der Waals surface area contributed by atoms with Crippen molar-refractivity contribution >= 4 is 11.9 Å². The van der Waals surface area contributed by atoms with E-state index in [4.69, 9.17) is 13.9 Å². The molecule has 0 spiro atoms. The number of nitrogens with zero attached hydrogens (tertiary/aromatic N) is 3. The minimum atomic E-state index is -0.517. The van der Waals surface area contributed by atoms with Gasteiger partial charge in [-0.3, -0.25) is 9.59 Å². The number of carbonyl (C=O) groups excluding carboxylic acids is 2. The fraction of sp³-hybridized carbons (Fsp3) is 0.577. The molecule has 2 aromatic rings. The number of furan rings is 1. The van der Waals surface area contributed by atoms with Crippen LogP contribution in [0.5, 0.6) is 5.75 Å². The summed E-state index contributed by atoms with van der Waals surface area (Å²) >= 11 is 0. The number of likely N-dealkylation sites (tertiary alicyclic amines) is 1. The summed E-state index contributed by atoms with van der Waals surface area (Å²) in [5.74, 6) is 2.02. The molecule has 190 valence electrons. The molecule has 1 fully saturated rings. The first-order valence-corrected chi connectivity index (χ1v) is 12.4. The molecular weight excluding hydrogens is 450 g/mol. The molecule has 2 aliphatic rings. The van der Waals surface area contributed by atoms with Gasteiger partial charge in [0.25, 0.3) is 5.56 Å². The summed E-state index contributed by atoms with van der Waals surface area (Å²) in [7, 11) is 1.33. The molecule has 4 rings (SSSR count). The zero-order chi connectivity index (χ0) is 24.9. The van der Waals surface area contributed by atoms with E-state index in [-0.39, 0.29) is 23.8 Å². The van der Waals surface area contributed by atoms with Gasteiger partial charge in [0.1, 0.15) is 29.4 Å². The average Bonchev–Trinajstić information content (AvgIpc) is 3.39. The molecular formula is C26H35N3O6. The van der Waals surface area contributed by atoms with E-state index in [1.807, 2.05) is 19.1 Å². The lowest BCUT2D eigenvalue weighted by atomic mass is 10.0. The number of aryl methyl sites for hydroxylation is 1. The van der Waals surface area contributed by atoms with Gasteiger partial charge in [-0.2, -0.15) is 0 Å². The number of rotatable bonds is 9. The molecule has 2 aliphatic heterocycles. The van der Waals surface area contributed by atoms with Gasteiger partial charge in [-0.1, -0.05) is 6.92 Å². The van der Waals surface area contributed by atoms with Gasteiger partial charge in [-0.15, -0.1) is 0 Å². The number of ether oxygens (including phenoxy) is 2. The van der Waals surface area contributed by atoms with E-state index in [1.54, 1.807) is 9.47 Å². The Morgan fingerprint density at radius 1 is 1.11 bits per heavy atom. The van der Waals surface area contributed by atoms with Crippen molar-refractivity contribution in [1.82, 2.24) is 14.4 Å². The highest BCUT2D eigenvalue weighted by atomic mass is 16.5. The standard InChI is InChI=1S/C26H35N3O6/c1-18(21-7-6-19(2)35-21)8-11-27-12-9-20-25(26(32)33-3)22(17-24(31)29(20)14-13-27)34-16-15-28-10-4-5-23(28)30/h6-7,17-18H,4-5,8-16H2,1-3H3. The van der Waals surface area contributed by atoms with Gasteiger partial charge in [0.15, 0.2) is 0 Å². The molecule has 0 aliphatic carbocycles. The van der Waals surface area contributed by atoms with E-state index in [0.29, 0.717) is 56.2 Å². The molecule has 9 nitrogen and oxygen atoms in total. The van der Waals surface area contributed by atoms with E-state index in [2.05, 4.69) is 11.8 Å². The molecule has 1 saturated heterocycles. The average molecular weight is 486 g/mol. The van der Waals surface area contributed by atoms with Crippen LogP contribution in [0.15, 0.2) is 27.4 Å². The smallest absolute Gasteiger partial charge is 0.343 e. The molecule has 0 aromatic carbocycles. The maximum atomic E-state index is 13.0. The lowest BCUT2D eigenvalue weighted by molar-refractivity contribution is -0.128. The second-order valence-corrected chi connectivity index (χ2v) is 9.37. The highest BCUT2D eigenvalue weighted by Gasteiger charge is 2.27. The van der Waals surface area contributed by atoms with Gasteiger partial charge < -0.3 is 28.3 Å². The SMILES string of the molecule is COC(=O)c1c(OCCN2CCCC2=O)cc(=O)n2c1CCN(CCC(C)c1ccc(C)o1)CC2. The maximum Gasteiger partial charge on any atom is 0.343 e. The van der Waals surface area contributed by atoms with Crippen molar-refractivity contribution in [3.05, 3.63) is 51.3 Å². The summed E-state index contributed by atoms with van der Waals surface area (Å²) in [6, 6.07) is 5.39. The lowest BCUT2D eigenvalue weighted by Crippen LogP contribution is -2.31. The molecule has 0 N–H and O–H groups in total. The van der Waals surface area contributed by atoms with Crippen LogP contribution < -0.4 is 10.3 Å². The Hall–Kier alpha value is -3.07. The van der Waals surface area contributed by atoms with Crippen LogP contribution in [0.25, 0.3) is 0 Å². The quantitative estimate of drug-likeness (QED) is 0.504. The van der Waals surface area contributed by atoms with Crippen molar-refractivity contribution < 1.29 is 23.5 Å². The Balaban J connectivity index is 1.45. The number of aromatic nitrogens is 1. The first-order valence-electron chi connectivity index (χ1n) is 12.4. The zero-order valence-electron chi connectivity index (χ0n) is 20.9. The summed E-state index contributed by atoms with van der Waals surface area (Å²) in [6.45, 7) is 8.26. The van der Waals surface area contributed by atoms with E-state index in [9.17, 15) is 14.4 Å². The minimum absolute atomic E-state index is 0.111. The molecule has 4 heterocycles. The van der Waals surface area contributed by atoms with Crippen molar-refractivity contribution in [1.29, 1.82) is 0 Å². The molecule has 1 amide bonds. The highest BCUT2D eigenvalue weighted by molar-refractivity contribution is 5.93. The Morgan fingerprint density at radius 3 is 2.63 bits per heavy atom. The minimum Gasteiger partial charge on any atom is -0.491 e. The van der Waals surface area contributed by atoms with Gasteiger partial charge in [-0.05, 0) is 38.4 Å². The number of fused-ring (bicyclic) bond motifs is 1. The Bertz CT molecular complexity index is 1120. The van der Waals surface area contributed by atoms with Crippen molar-refractivity contribution in [2.45, 2.75) is 52.0 Å². The largest absolute Gasteiger partial charge is 0.491 e. The highest BCUT2D eigenvalue weighted by Crippen LogP contribution is 2.25. The van der Waals surface area contributed by atoms with Crippen molar-refractivity contribution in [3.63, 3.8) is 0 Å². The van der Waals surface area contributed by atoms with Crippen molar-refractivity contribution in [3.8, 4) is 5.75 Å². The Labute approximate surface area is 205 Å². The van der Waals surface area contributed by atoms with Gasteiger partial charge in [-0.25, -0.2) is 4.79 Å². The Kier molecular flexibility index (Phi) is 7.95. The van der Waals surface area contributed by atoms with Gasteiger partial charge in [0.2, 0.25) is 5.91 Å². The predicted molar refractivity (Wildman–Crippen MR) is 130 cm³/mol. The number of pyridine rings is 1. The molecule has 9 heteroatoms. The summed E-state index contributed by atoms with van der Waals surface area (Å²) in [6.07, 6.45) is 2.88. The van der Waals surface area contributed by atoms with Gasteiger partial charge in [0.05, 0.1) is 13.7 Å². The van der Waals surface area contributed by atoms with Crippen LogP contribution in [0.2, 0.25) is 0 Å². The molecule has 1 atom stereocenters. The molecule has 0 saturated carbocycles. The number of hydrogen-bond donors (Lipinski definition) is 0. The first-order chi connectivity index (χ1) is 16.9. The topological polar surface area (TPSA) is 94.2 Å². The second kappa shape index (κ2) is 11.1. The monoisotopic (exact) mass is 485 g/mol. The third kappa shape index (κ3) is 5.78. The van der Waals surface area contributed by atoms with Crippen molar-refractivity contribution in [2.24, 2.45) is 0 Å². The first kappa shape index (κ1) is 25.0. The van der Waals surface area contributed by atoms with Crippen LogP contribution in [0.3, 0.4) is 0 Å². The molecule has 0 radical (unpaired) electrons. The van der Waals surface area contributed by atoms with Crippen LogP contribution in [0.4, 0.5) is 0 Å². The third-order valence-corrected chi connectivity index (χ3v) is 6.99. The van der Waals surface area contributed by atoms with E-state index in [0.717, 1.165) is 37.5 Å². The molecule has 35 heavy (non-hydrogen) atoms. The maximum absolute atomic E-state index is 13.0. The van der Waals surface area contributed by atoms with Crippen LogP contribution in [0, 0.1) is 6.92 Å². The fourth-order valence-electron chi connectivity index (χ4n) is 4.90. The number of methoxy groups -OCH3 is 1. The van der Waals surface area contributed by atoms with Crippen LogP contribution in [-0.4, -0.2) is 72.7 Å². The summed E-state index contributed by atoms with van der Waals surface area (Å²) in [5.41, 5.74) is 0.760. The van der Waals surface area contributed by atoms with E-state index < -0.39 is 5.97 Å². The van der Waals surface area contributed by atoms with E-state index in [1.165, 1.54) is 13.2 Å².